The number of imidazole rings is 1. The van der Waals surface area contributed by atoms with E-state index in [1.165, 1.54) is 0 Å². The molecule has 4 heteroatoms. The van der Waals surface area contributed by atoms with Gasteiger partial charge in [-0.1, -0.05) is 6.07 Å². The van der Waals surface area contributed by atoms with Crippen molar-refractivity contribution in [3.05, 3.63) is 24.5 Å². The van der Waals surface area contributed by atoms with Gasteiger partial charge in [-0.25, -0.2) is 4.98 Å². The van der Waals surface area contributed by atoms with Gasteiger partial charge in [-0.3, -0.25) is 4.79 Å². The lowest BCUT2D eigenvalue weighted by atomic mass is 10.2. The van der Waals surface area contributed by atoms with Gasteiger partial charge in [0.05, 0.1) is 29.6 Å². The number of nitrogen functional groups attached to an aromatic ring is 1. The van der Waals surface area contributed by atoms with Crippen LogP contribution in [-0.4, -0.2) is 15.3 Å². The van der Waals surface area contributed by atoms with E-state index in [2.05, 4.69) is 4.98 Å². The molecule has 1 aromatic heterocycles. The van der Waals surface area contributed by atoms with Gasteiger partial charge in [0, 0.05) is 0 Å². The predicted octanol–water partition coefficient (Wildman–Crippen LogP) is 1.21. The van der Waals surface area contributed by atoms with E-state index in [9.17, 15) is 4.79 Å². The fraction of sp³-hybridized carbons (Fsp3) is 0.200. The summed E-state index contributed by atoms with van der Waals surface area (Å²) in [6, 6.07) is 5.53. The number of rotatable bonds is 2. The summed E-state index contributed by atoms with van der Waals surface area (Å²) >= 11 is 0. The number of ketones is 1. The number of para-hydroxylation sites is 1. The molecule has 0 aliphatic heterocycles. The van der Waals surface area contributed by atoms with Crippen molar-refractivity contribution in [3.8, 4) is 0 Å². The summed E-state index contributed by atoms with van der Waals surface area (Å²) in [5.74, 6) is 0.0903. The fourth-order valence-electron chi connectivity index (χ4n) is 1.52. The smallest absolute Gasteiger partial charge is 0.149 e. The molecule has 2 N–H and O–H groups in total. The number of anilines is 1. The molecule has 0 radical (unpaired) electrons. The first kappa shape index (κ1) is 8.74. The van der Waals surface area contributed by atoms with Gasteiger partial charge in [0.15, 0.2) is 0 Å². The van der Waals surface area contributed by atoms with E-state index < -0.39 is 0 Å². The molecule has 4 nitrogen and oxygen atoms in total. The molecule has 0 amide bonds. The zero-order chi connectivity index (χ0) is 10.1. The number of Topliss-reactive ketones (excluding diaryl/α,β-unsaturated/α-hetero) is 1. The van der Waals surface area contributed by atoms with Crippen molar-refractivity contribution in [2.45, 2.75) is 13.5 Å². The van der Waals surface area contributed by atoms with Crippen LogP contribution >= 0.6 is 0 Å². The SMILES string of the molecule is CC(=O)Cn1cnc2cccc(N)c21. The minimum absolute atomic E-state index is 0.0903. The van der Waals surface area contributed by atoms with Gasteiger partial charge in [-0.2, -0.15) is 0 Å². The predicted molar refractivity (Wildman–Crippen MR) is 54.8 cm³/mol. The number of carbonyl (C=O) groups is 1. The van der Waals surface area contributed by atoms with Crippen LogP contribution in [0, 0.1) is 0 Å². The quantitative estimate of drug-likeness (QED) is 0.722. The van der Waals surface area contributed by atoms with Crippen LogP contribution in [0.1, 0.15) is 6.92 Å². The van der Waals surface area contributed by atoms with Crippen LogP contribution in [0.4, 0.5) is 5.69 Å². The molecule has 0 fully saturated rings. The highest BCUT2D eigenvalue weighted by Crippen LogP contribution is 2.19. The van der Waals surface area contributed by atoms with Gasteiger partial charge in [0.2, 0.25) is 0 Å². The second kappa shape index (κ2) is 3.14. The molecule has 0 aliphatic carbocycles. The van der Waals surface area contributed by atoms with Gasteiger partial charge in [0.1, 0.15) is 5.78 Å². The van der Waals surface area contributed by atoms with Crippen molar-refractivity contribution in [3.63, 3.8) is 0 Å². The van der Waals surface area contributed by atoms with Crippen LogP contribution in [0.15, 0.2) is 24.5 Å². The minimum Gasteiger partial charge on any atom is -0.397 e. The maximum absolute atomic E-state index is 11.0. The maximum atomic E-state index is 11.0. The third-order valence-electron chi connectivity index (χ3n) is 2.06. The molecule has 0 atom stereocenters. The highest BCUT2D eigenvalue weighted by atomic mass is 16.1. The summed E-state index contributed by atoms with van der Waals surface area (Å²) in [4.78, 5) is 15.1. The van der Waals surface area contributed by atoms with Gasteiger partial charge in [-0.15, -0.1) is 0 Å². The molecule has 72 valence electrons. The van der Waals surface area contributed by atoms with Crippen LogP contribution < -0.4 is 5.73 Å². The normalized spacial score (nSPS) is 10.6. The van der Waals surface area contributed by atoms with Crippen molar-refractivity contribution >= 4 is 22.5 Å². The van der Waals surface area contributed by atoms with Crippen LogP contribution in [0.3, 0.4) is 0 Å². The summed E-state index contributed by atoms with van der Waals surface area (Å²) in [6.45, 7) is 1.87. The third kappa shape index (κ3) is 1.35. The Hall–Kier alpha value is -1.84. The molecule has 1 heterocycles. The maximum Gasteiger partial charge on any atom is 0.149 e. The van der Waals surface area contributed by atoms with Crippen LogP contribution in [0.25, 0.3) is 11.0 Å². The Morgan fingerprint density at radius 1 is 1.57 bits per heavy atom. The van der Waals surface area contributed by atoms with E-state index in [1.54, 1.807) is 23.9 Å². The largest absolute Gasteiger partial charge is 0.397 e. The van der Waals surface area contributed by atoms with Crippen molar-refractivity contribution < 1.29 is 4.79 Å². The highest BCUT2D eigenvalue weighted by Gasteiger charge is 2.06. The monoisotopic (exact) mass is 189 g/mol. The van der Waals surface area contributed by atoms with Crippen molar-refractivity contribution in [1.29, 1.82) is 0 Å². The standard InChI is InChI=1S/C10H11N3O/c1-7(14)5-13-6-12-9-4-2-3-8(11)10(9)13/h2-4,6H,5,11H2,1H3. The first-order valence-electron chi connectivity index (χ1n) is 4.37. The molecule has 0 unspecified atom stereocenters. The van der Waals surface area contributed by atoms with E-state index in [0.717, 1.165) is 11.0 Å². The number of benzene rings is 1. The van der Waals surface area contributed by atoms with Crippen LogP contribution in [0.2, 0.25) is 0 Å². The lowest BCUT2D eigenvalue weighted by molar-refractivity contribution is -0.117. The van der Waals surface area contributed by atoms with E-state index in [-0.39, 0.29) is 5.78 Å². The number of hydrogen-bond donors (Lipinski definition) is 1. The fourth-order valence-corrected chi connectivity index (χ4v) is 1.52. The first-order valence-corrected chi connectivity index (χ1v) is 4.37. The van der Waals surface area contributed by atoms with Gasteiger partial charge >= 0.3 is 0 Å². The molecular formula is C10H11N3O. The Morgan fingerprint density at radius 3 is 3.07 bits per heavy atom. The summed E-state index contributed by atoms with van der Waals surface area (Å²) in [6.07, 6.45) is 1.64. The van der Waals surface area contributed by atoms with E-state index >= 15 is 0 Å². The van der Waals surface area contributed by atoms with E-state index in [4.69, 9.17) is 5.73 Å². The van der Waals surface area contributed by atoms with Gasteiger partial charge < -0.3 is 10.3 Å². The summed E-state index contributed by atoms with van der Waals surface area (Å²) < 4.78 is 1.77. The summed E-state index contributed by atoms with van der Waals surface area (Å²) in [5, 5.41) is 0. The molecule has 0 bridgehead atoms. The average molecular weight is 189 g/mol. The number of carbonyl (C=O) groups excluding carboxylic acids is 1. The van der Waals surface area contributed by atoms with E-state index in [1.807, 2.05) is 12.1 Å². The molecule has 14 heavy (non-hydrogen) atoms. The van der Waals surface area contributed by atoms with Crippen molar-refractivity contribution in [2.24, 2.45) is 0 Å². The molecule has 0 saturated carbocycles. The number of nitrogens with zero attached hydrogens (tertiary/aromatic N) is 2. The Bertz CT molecular complexity index is 487. The molecule has 2 rings (SSSR count). The van der Waals surface area contributed by atoms with Gasteiger partial charge in [-0.05, 0) is 19.1 Å². The Morgan fingerprint density at radius 2 is 2.36 bits per heavy atom. The number of aromatic nitrogens is 2. The average Bonchev–Trinajstić information content (AvgIpc) is 2.49. The molecule has 0 spiro atoms. The van der Waals surface area contributed by atoms with Gasteiger partial charge in [0.25, 0.3) is 0 Å². The number of nitrogens with two attached hydrogens (primary N) is 1. The molecular weight excluding hydrogens is 178 g/mol. The Balaban J connectivity index is 2.61. The minimum atomic E-state index is 0.0903. The zero-order valence-corrected chi connectivity index (χ0v) is 7.90. The first-order chi connectivity index (χ1) is 6.68. The van der Waals surface area contributed by atoms with Crippen molar-refractivity contribution in [2.75, 3.05) is 5.73 Å². The molecule has 0 aliphatic rings. The van der Waals surface area contributed by atoms with Crippen LogP contribution in [-0.2, 0) is 11.3 Å². The lowest BCUT2D eigenvalue weighted by Crippen LogP contribution is -2.05. The zero-order valence-electron chi connectivity index (χ0n) is 7.90. The summed E-state index contributed by atoms with van der Waals surface area (Å²) in [7, 11) is 0. The topological polar surface area (TPSA) is 60.9 Å². The van der Waals surface area contributed by atoms with Crippen molar-refractivity contribution in [1.82, 2.24) is 9.55 Å². The molecule has 0 saturated heterocycles. The Labute approximate surface area is 81.3 Å². The summed E-state index contributed by atoms with van der Waals surface area (Å²) in [5.41, 5.74) is 8.12. The second-order valence-corrected chi connectivity index (χ2v) is 3.29. The van der Waals surface area contributed by atoms with E-state index in [0.29, 0.717) is 12.2 Å². The Kier molecular flexibility index (Phi) is 1.96. The van der Waals surface area contributed by atoms with Crippen LogP contribution in [0.5, 0.6) is 0 Å². The number of fused-ring (bicyclic) bond motifs is 1. The second-order valence-electron chi connectivity index (χ2n) is 3.29. The molecule has 1 aromatic carbocycles. The number of hydrogen-bond acceptors (Lipinski definition) is 3. The molecule has 2 aromatic rings. The highest BCUT2D eigenvalue weighted by molar-refractivity contribution is 5.88. The lowest BCUT2D eigenvalue weighted by Gasteiger charge is -2.02. The third-order valence-corrected chi connectivity index (χ3v) is 2.06.